The van der Waals surface area contributed by atoms with Gasteiger partial charge in [-0.15, -0.1) is 0 Å². The van der Waals surface area contributed by atoms with E-state index in [1.807, 2.05) is 0 Å². The quantitative estimate of drug-likeness (QED) is 0.909. The van der Waals surface area contributed by atoms with Crippen LogP contribution in [-0.4, -0.2) is 5.11 Å². The third kappa shape index (κ3) is 1.89. The summed E-state index contributed by atoms with van der Waals surface area (Å²) in [7, 11) is 0. The van der Waals surface area contributed by atoms with Crippen molar-refractivity contribution in [2.24, 2.45) is 0 Å². The number of furan rings is 1. The second-order valence-corrected chi connectivity index (χ2v) is 4.00. The van der Waals surface area contributed by atoms with Gasteiger partial charge in [0.2, 0.25) is 0 Å². The maximum Gasteiger partial charge on any atom is 0.267 e. The van der Waals surface area contributed by atoms with Crippen molar-refractivity contribution in [2.75, 3.05) is 0 Å². The van der Waals surface area contributed by atoms with E-state index in [9.17, 15) is 8.78 Å². The highest BCUT2D eigenvalue weighted by atomic mass is 79.9. The summed E-state index contributed by atoms with van der Waals surface area (Å²) in [5.74, 6) is 0.282. The third-order valence-electron chi connectivity index (χ3n) is 2.05. The van der Waals surface area contributed by atoms with Crippen LogP contribution in [0.1, 0.15) is 17.7 Å². The summed E-state index contributed by atoms with van der Waals surface area (Å²) in [6.07, 6.45) is -2.59. The van der Waals surface area contributed by atoms with Crippen LogP contribution in [0, 0.1) is 0 Å². The zero-order valence-electron chi connectivity index (χ0n) is 7.51. The minimum absolute atomic E-state index is 0.136. The molecule has 0 aliphatic heterocycles. The maximum absolute atomic E-state index is 12.6. The number of rotatable bonds is 2. The average molecular weight is 277 g/mol. The van der Waals surface area contributed by atoms with Gasteiger partial charge in [-0.05, 0) is 18.2 Å². The molecule has 0 saturated heterocycles. The van der Waals surface area contributed by atoms with Crippen LogP contribution in [0.4, 0.5) is 8.78 Å². The van der Waals surface area contributed by atoms with Gasteiger partial charge in [0.25, 0.3) is 6.43 Å². The highest BCUT2D eigenvalue weighted by Crippen LogP contribution is 2.33. The lowest BCUT2D eigenvalue weighted by molar-refractivity contribution is 0.151. The van der Waals surface area contributed by atoms with E-state index in [4.69, 9.17) is 9.52 Å². The molecule has 80 valence electrons. The van der Waals surface area contributed by atoms with Crippen LogP contribution >= 0.6 is 15.9 Å². The average Bonchev–Trinajstić information content (AvgIpc) is 2.58. The maximum atomic E-state index is 12.6. The Balaban J connectivity index is 2.72. The molecule has 0 bridgehead atoms. The first kappa shape index (κ1) is 10.6. The van der Waals surface area contributed by atoms with E-state index in [1.165, 1.54) is 6.07 Å². The van der Waals surface area contributed by atoms with E-state index in [0.717, 1.165) is 0 Å². The lowest BCUT2D eigenvalue weighted by Gasteiger charge is -2.01. The lowest BCUT2D eigenvalue weighted by atomic mass is 10.1. The highest BCUT2D eigenvalue weighted by Gasteiger charge is 2.16. The molecule has 2 rings (SSSR count). The largest absolute Gasteiger partial charge is 0.458 e. The van der Waals surface area contributed by atoms with Crippen molar-refractivity contribution in [3.63, 3.8) is 0 Å². The second-order valence-electron chi connectivity index (χ2n) is 3.08. The summed E-state index contributed by atoms with van der Waals surface area (Å²) < 4.78 is 31.0. The molecule has 1 aromatic heterocycles. The smallest absolute Gasteiger partial charge is 0.267 e. The number of halogens is 3. The van der Waals surface area contributed by atoms with Crippen molar-refractivity contribution in [1.29, 1.82) is 0 Å². The molecule has 0 saturated carbocycles. The first-order valence-electron chi connectivity index (χ1n) is 4.22. The SMILES string of the molecule is OCc1cc2cc(Br)cc(C(F)F)c2o1. The summed E-state index contributed by atoms with van der Waals surface area (Å²) in [4.78, 5) is 0. The Morgan fingerprint density at radius 1 is 1.33 bits per heavy atom. The van der Waals surface area contributed by atoms with Crippen LogP contribution in [0.2, 0.25) is 0 Å². The van der Waals surface area contributed by atoms with Gasteiger partial charge in [0, 0.05) is 9.86 Å². The van der Waals surface area contributed by atoms with E-state index in [0.29, 0.717) is 9.86 Å². The highest BCUT2D eigenvalue weighted by molar-refractivity contribution is 9.10. The fraction of sp³-hybridized carbons (Fsp3) is 0.200. The van der Waals surface area contributed by atoms with E-state index < -0.39 is 6.43 Å². The predicted molar refractivity (Wildman–Crippen MR) is 54.8 cm³/mol. The minimum Gasteiger partial charge on any atom is -0.458 e. The molecule has 5 heteroatoms. The van der Waals surface area contributed by atoms with Gasteiger partial charge in [0.15, 0.2) is 0 Å². The van der Waals surface area contributed by atoms with Crippen molar-refractivity contribution in [1.82, 2.24) is 0 Å². The number of hydrogen-bond acceptors (Lipinski definition) is 2. The van der Waals surface area contributed by atoms with Gasteiger partial charge >= 0.3 is 0 Å². The first-order valence-corrected chi connectivity index (χ1v) is 5.02. The van der Waals surface area contributed by atoms with Crippen LogP contribution in [-0.2, 0) is 6.61 Å². The predicted octanol–water partition coefficient (Wildman–Crippen LogP) is 3.63. The van der Waals surface area contributed by atoms with Crippen LogP contribution in [0.25, 0.3) is 11.0 Å². The molecule has 0 amide bonds. The number of benzene rings is 1. The summed E-state index contributed by atoms with van der Waals surface area (Å²) in [5.41, 5.74) is -0.0312. The molecular formula is C10H7BrF2O2. The van der Waals surface area contributed by atoms with Crippen molar-refractivity contribution >= 4 is 26.9 Å². The molecule has 0 aliphatic rings. The molecule has 2 aromatic rings. The Labute approximate surface area is 92.6 Å². The van der Waals surface area contributed by atoms with E-state index in [1.54, 1.807) is 12.1 Å². The van der Waals surface area contributed by atoms with E-state index in [2.05, 4.69) is 15.9 Å². The Kier molecular flexibility index (Phi) is 2.75. The Hall–Kier alpha value is -0.940. The molecule has 0 aliphatic carbocycles. The zero-order valence-corrected chi connectivity index (χ0v) is 9.09. The van der Waals surface area contributed by atoms with E-state index >= 15 is 0 Å². The Bertz CT molecular complexity index is 493. The molecule has 15 heavy (non-hydrogen) atoms. The monoisotopic (exact) mass is 276 g/mol. The van der Waals surface area contributed by atoms with Gasteiger partial charge < -0.3 is 9.52 Å². The third-order valence-corrected chi connectivity index (χ3v) is 2.51. The number of aliphatic hydroxyl groups is 1. The van der Waals surface area contributed by atoms with Crippen LogP contribution < -0.4 is 0 Å². The van der Waals surface area contributed by atoms with Crippen LogP contribution in [0.5, 0.6) is 0 Å². The standard InChI is InChI=1S/C10H7BrF2O2/c11-6-1-5-2-7(4-14)15-9(5)8(3-6)10(12)13/h1-3,10,14H,4H2. The zero-order chi connectivity index (χ0) is 11.0. The molecule has 1 aromatic carbocycles. The molecule has 1 heterocycles. The molecule has 0 radical (unpaired) electrons. The Morgan fingerprint density at radius 2 is 2.07 bits per heavy atom. The summed E-state index contributed by atoms with van der Waals surface area (Å²) in [5, 5.41) is 9.40. The molecule has 0 spiro atoms. The van der Waals surface area contributed by atoms with Gasteiger partial charge in [-0.3, -0.25) is 0 Å². The number of fused-ring (bicyclic) bond motifs is 1. The fourth-order valence-electron chi connectivity index (χ4n) is 1.44. The molecule has 2 nitrogen and oxygen atoms in total. The second kappa shape index (κ2) is 3.90. The van der Waals surface area contributed by atoms with Gasteiger partial charge in [-0.25, -0.2) is 8.78 Å². The van der Waals surface area contributed by atoms with Crippen molar-refractivity contribution in [3.05, 3.63) is 34.0 Å². The minimum atomic E-state index is -2.59. The lowest BCUT2D eigenvalue weighted by Crippen LogP contribution is -1.84. The molecule has 0 fully saturated rings. The molecule has 0 unspecified atom stereocenters. The fourth-order valence-corrected chi connectivity index (χ4v) is 1.93. The Morgan fingerprint density at radius 3 is 2.67 bits per heavy atom. The normalized spacial score (nSPS) is 11.5. The van der Waals surface area contributed by atoms with Crippen LogP contribution in [0.3, 0.4) is 0 Å². The number of alkyl halides is 2. The summed E-state index contributed by atoms with van der Waals surface area (Å²) >= 11 is 3.15. The van der Waals surface area contributed by atoms with E-state index in [-0.39, 0.29) is 23.5 Å². The molecular weight excluding hydrogens is 270 g/mol. The van der Waals surface area contributed by atoms with Gasteiger partial charge in [-0.2, -0.15) is 0 Å². The molecule has 0 atom stereocenters. The van der Waals surface area contributed by atoms with Crippen LogP contribution in [0.15, 0.2) is 27.1 Å². The van der Waals surface area contributed by atoms with Gasteiger partial charge in [0.1, 0.15) is 18.0 Å². The number of hydrogen-bond donors (Lipinski definition) is 1. The van der Waals surface area contributed by atoms with Gasteiger partial charge in [0.05, 0.1) is 5.56 Å². The first-order chi connectivity index (χ1) is 7.11. The van der Waals surface area contributed by atoms with Crippen molar-refractivity contribution < 1.29 is 18.3 Å². The van der Waals surface area contributed by atoms with Gasteiger partial charge in [-0.1, -0.05) is 15.9 Å². The summed E-state index contributed by atoms with van der Waals surface area (Å²) in [6, 6.07) is 4.54. The summed E-state index contributed by atoms with van der Waals surface area (Å²) in [6.45, 7) is -0.297. The molecule has 1 N–H and O–H groups in total. The van der Waals surface area contributed by atoms with Crippen molar-refractivity contribution in [3.8, 4) is 0 Å². The van der Waals surface area contributed by atoms with Crippen molar-refractivity contribution in [2.45, 2.75) is 13.0 Å². The topological polar surface area (TPSA) is 33.4 Å². The number of aliphatic hydroxyl groups excluding tert-OH is 1.